The number of hydrogen-bond donors (Lipinski definition) is 2. The van der Waals surface area contributed by atoms with Gasteiger partial charge in [0, 0.05) is 51.2 Å². The number of benzene rings is 4. The number of allylic oxidation sites excluding steroid dienone is 1. The molecule has 1 aliphatic heterocycles. The van der Waals surface area contributed by atoms with Gasteiger partial charge in [0.25, 0.3) is 20.2 Å². The highest BCUT2D eigenvalue weighted by Crippen LogP contribution is 2.45. The first kappa shape index (κ1) is 38.3. The molecule has 13 nitrogen and oxygen atoms in total. The van der Waals surface area contributed by atoms with Gasteiger partial charge in [-0.2, -0.15) is 16.8 Å². The van der Waals surface area contributed by atoms with Crippen molar-refractivity contribution in [1.29, 1.82) is 0 Å². The number of hydrogen-bond acceptors (Lipinski definition) is 11. The number of para-hydroxylation sites is 2. The maximum atomic E-state index is 13.1. The number of esters is 1. The molecule has 0 saturated carbocycles. The monoisotopic (exact) mass is 813 g/mol. The molecule has 0 saturated heterocycles. The molecule has 1 aliphatic rings. The van der Waals surface area contributed by atoms with E-state index in [1.54, 1.807) is 19.1 Å². The van der Waals surface area contributed by atoms with E-state index in [0.717, 1.165) is 38.1 Å². The summed E-state index contributed by atoms with van der Waals surface area (Å²) in [5.41, 5.74) is 5.18. The summed E-state index contributed by atoms with van der Waals surface area (Å²) in [7, 11) is -8.31. The van der Waals surface area contributed by atoms with Crippen molar-refractivity contribution in [2.24, 2.45) is 0 Å². The summed E-state index contributed by atoms with van der Waals surface area (Å²) in [5, 5.41) is 4.28. The second-order valence-corrected chi connectivity index (χ2v) is 17.1. The van der Waals surface area contributed by atoms with E-state index in [1.165, 1.54) is 0 Å². The average molecular weight is 814 g/mol. The van der Waals surface area contributed by atoms with Crippen molar-refractivity contribution in [3.63, 3.8) is 0 Å². The summed E-state index contributed by atoms with van der Waals surface area (Å²) in [6.07, 6.45) is 4.87. The highest BCUT2D eigenvalue weighted by molar-refractivity contribution is 7.86. The molecule has 4 heterocycles. The van der Waals surface area contributed by atoms with E-state index in [1.807, 2.05) is 77.7 Å². The third kappa shape index (κ3) is 8.28. The van der Waals surface area contributed by atoms with Gasteiger partial charge >= 0.3 is 5.97 Å². The Balaban J connectivity index is 1.23. The number of nitrogens with zero attached hydrogens (tertiary/aromatic N) is 1. The van der Waals surface area contributed by atoms with Crippen molar-refractivity contribution in [2.75, 3.05) is 29.6 Å². The maximum absolute atomic E-state index is 13.1. The standard InChI is InChI=1S/C42H39NO12S2/c1-2-51-42(44)21-26(19-36-29(13-7-9-17-56(45,46)47)31-23-37-30(22-38(31)54-36)27-11-3-5-14-34(27)52-37)20-41-43(16-8-10-18-57(48,49)50)33-25-39-32(24-40(33)55-41)28-12-4-6-15-35(28)53-39/h3-6,11-12,14-15,19-20,22-25H,2,7-10,13,16-18,21H2,1H3,(H,45,46,47)(H,48,49,50)/b26-19+,41-20+. The molecule has 7 aromatic rings. The predicted octanol–water partition coefficient (Wildman–Crippen LogP) is 9.19. The van der Waals surface area contributed by atoms with E-state index >= 15 is 0 Å². The molecule has 57 heavy (non-hydrogen) atoms. The lowest BCUT2D eigenvalue weighted by atomic mass is 10.0. The molecular formula is C42H39NO12S2. The Morgan fingerprint density at radius 1 is 0.719 bits per heavy atom. The molecule has 0 atom stereocenters. The van der Waals surface area contributed by atoms with Gasteiger partial charge in [-0.1, -0.05) is 36.4 Å². The van der Waals surface area contributed by atoms with Gasteiger partial charge in [-0.15, -0.1) is 0 Å². The molecule has 0 radical (unpaired) electrons. The lowest BCUT2D eigenvalue weighted by Gasteiger charge is -2.18. The van der Waals surface area contributed by atoms with Crippen molar-refractivity contribution >= 4 is 92.8 Å². The van der Waals surface area contributed by atoms with E-state index in [4.69, 9.17) is 22.7 Å². The molecule has 3 aromatic heterocycles. The molecule has 296 valence electrons. The topological polar surface area (TPSA) is 187 Å². The van der Waals surface area contributed by atoms with Crippen LogP contribution in [0.15, 0.2) is 104 Å². The SMILES string of the molecule is CCOC(=O)CC(=C/c1oc2cc3c(cc2c1CCCCS(=O)(=O)O)oc1ccccc13)/C=C1/Oc2cc3c(cc2N1CCCCS(=O)(=O)O)oc1ccccc13. The van der Waals surface area contributed by atoms with Crippen LogP contribution in [0.4, 0.5) is 5.69 Å². The molecule has 0 fully saturated rings. The van der Waals surface area contributed by atoms with E-state index in [-0.39, 0.29) is 31.6 Å². The van der Waals surface area contributed by atoms with E-state index in [0.29, 0.717) is 76.8 Å². The smallest absolute Gasteiger partial charge is 0.310 e. The normalized spacial score (nSPS) is 14.5. The second kappa shape index (κ2) is 15.4. The van der Waals surface area contributed by atoms with Crippen LogP contribution in [0.25, 0.3) is 60.9 Å². The van der Waals surface area contributed by atoms with E-state index in [9.17, 15) is 30.7 Å². The Labute approximate surface area is 327 Å². The lowest BCUT2D eigenvalue weighted by Crippen LogP contribution is -2.22. The van der Waals surface area contributed by atoms with Crippen LogP contribution >= 0.6 is 0 Å². The first-order valence-corrected chi connectivity index (χ1v) is 21.8. The van der Waals surface area contributed by atoms with Crippen LogP contribution in [0.1, 0.15) is 50.4 Å². The zero-order valence-electron chi connectivity index (χ0n) is 30.9. The molecule has 0 amide bonds. The lowest BCUT2D eigenvalue weighted by molar-refractivity contribution is -0.142. The third-order valence-corrected chi connectivity index (χ3v) is 11.6. The molecule has 15 heteroatoms. The predicted molar refractivity (Wildman–Crippen MR) is 217 cm³/mol. The minimum Gasteiger partial charge on any atom is -0.466 e. The van der Waals surface area contributed by atoms with Crippen LogP contribution in [-0.4, -0.2) is 56.6 Å². The largest absolute Gasteiger partial charge is 0.466 e. The number of unbranched alkanes of at least 4 members (excludes halogenated alkanes) is 2. The van der Waals surface area contributed by atoms with Gasteiger partial charge in [-0.25, -0.2) is 0 Å². The molecule has 2 N–H and O–H groups in total. The summed E-state index contributed by atoms with van der Waals surface area (Å²) < 4.78 is 95.5. The fourth-order valence-corrected chi connectivity index (χ4v) is 8.54. The van der Waals surface area contributed by atoms with Gasteiger partial charge in [0.1, 0.15) is 33.7 Å². The third-order valence-electron chi connectivity index (χ3n) is 9.94. The fraction of sp³-hybridized carbons (Fsp3) is 0.262. The van der Waals surface area contributed by atoms with Crippen molar-refractivity contribution in [3.8, 4) is 5.75 Å². The molecule has 4 aromatic carbocycles. The van der Waals surface area contributed by atoms with Crippen molar-refractivity contribution < 1.29 is 53.5 Å². The molecule has 0 unspecified atom stereocenters. The van der Waals surface area contributed by atoms with Crippen LogP contribution < -0.4 is 9.64 Å². The minimum atomic E-state index is -4.16. The van der Waals surface area contributed by atoms with Crippen molar-refractivity contribution in [3.05, 3.63) is 102 Å². The number of aryl methyl sites for hydroxylation is 1. The number of carbonyl (C=O) groups is 1. The zero-order valence-corrected chi connectivity index (χ0v) is 32.5. The zero-order chi connectivity index (χ0) is 39.9. The first-order chi connectivity index (χ1) is 27.3. The molecule has 8 rings (SSSR count). The highest BCUT2D eigenvalue weighted by atomic mass is 32.2. The van der Waals surface area contributed by atoms with Crippen LogP contribution in [0.5, 0.6) is 5.75 Å². The van der Waals surface area contributed by atoms with E-state index < -0.39 is 32.0 Å². The van der Waals surface area contributed by atoms with Gasteiger partial charge in [0.15, 0.2) is 5.75 Å². The first-order valence-electron chi connectivity index (χ1n) is 18.6. The summed E-state index contributed by atoms with van der Waals surface area (Å²) in [4.78, 5) is 15.0. The van der Waals surface area contributed by atoms with Gasteiger partial charge in [0.2, 0.25) is 5.88 Å². The van der Waals surface area contributed by atoms with Crippen molar-refractivity contribution in [1.82, 2.24) is 0 Å². The Morgan fingerprint density at radius 2 is 1.32 bits per heavy atom. The van der Waals surface area contributed by atoms with Crippen LogP contribution in [0.3, 0.4) is 0 Å². The summed E-state index contributed by atoms with van der Waals surface area (Å²) >= 11 is 0. The van der Waals surface area contributed by atoms with Gasteiger partial charge < -0.3 is 27.6 Å². The molecular weight excluding hydrogens is 775 g/mol. The number of anilines is 1. The Morgan fingerprint density at radius 3 is 1.98 bits per heavy atom. The molecule has 0 spiro atoms. The molecule has 0 aliphatic carbocycles. The number of furan rings is 3. The minimum absolute atomic E-state index is 0.160. The van der Waals surface area contributed by atoms with E-state index in [2.05, 4.69) is 0 Å². The van der Waals surface area contributed by atoms with Crippen LogP contribution in [0, 0.1) is 0 Å². The Kier molecular flexibility index (Phi) is 10.3. The number of fused-ring (bicyclic) bond motifs is 8. The molecule has 0 bridgehead atoms. The van der Waals surface area contributed by atoms with Gasteiger partial charge in [-0.3, -0.25) is 13.9 Å². The van der Waals surface area contributed by atoms with Crippen LogP contribution in [-0.2, 0) is 36.2 Å². The number of ether oxygens (including phenoxy) is 2. The average Bonchev–Trinajstić information content (AvgIpc) is 3.89. The number of carbonyl (C=O) groups excluding carboxylic acids is 1. The Bertz CT molecular complexity index is 2970. The Hall–Kier alpha value is -5.61. The van der Waals surface area contributed by atoms with Crippen LogP contribution in [0.2, 0.25) is 0 Å². The maximum Gasteiger partial charge on any atom is 0.310 e. The van der Waals surface area contributed by atoms with Gasteiger partial charge in [0.05, 0.1) is 30.2 Å². The van der Waals surface area contributed by atoms with Gasteiger partial charge in [-0.05, 0) is 81.0 Å². The summed E-state index contributed by atoms with van der Waals surface area (Å²) in [5.74, 6) is 0.0464. The van der Waals surface area contributed by atoms with Crippen molar-refractivity contribution in [2.45, 2.75) is 45.4 Å². The quantitative estimate of drug-likeness (QED) is 0.0567. The summed E-state index contributed by atoms with van der Waals surface area (Å²) in [6, 6.07) is 22.9. The highest BCUT2D eigenvalue weighted by Gasteiger charge is 2.29. The fourth-order valence-electron chi connectivity index (χ4n) is 7.41. The number of rotatable bonds is 15. The summed E-state index contributed by atoms with van der Waals surface area (Å²) in [6.45, 7) is 2.19. The second-order valence-electron chi connectivity index (χ2n) is 14.0.